The molecule has 1 aliphatic rings. The normalized spacial score (nSPS) is 18.5. The van der Waals surface area contributed by atoms with Gasteiger partial charge in [0.05, 0.1) is 6.61 Å². The summed E-state index contributed by atoms with van der Waals surface area (Å²) in [6.45, 7) is 1.83. The maximum atomic E-state index is 14.6. The minimum absolute atomic E-state index is 0.0784. The molecule has 0 spiro atoms. The first-order chi connectivity index (χ1) is 16.1. The number of carbonyl (C=O) groups is 1. The molecular formula is C24H25F3N4O3. The molecule has 3 N–H and O–H groups in total. The van der Waals surface area contributed by atoms with Gasteiger partial charge in [0.15, 0.2) is 11.3 Å². The van der Waals surface area contributed by atoms with Crippen molar-refractivity contribution in [3.63, 3.8) is 0 Å². The molecule has 1 aromatic heterocycles. The van der Waals surface area contributed by atoms with Gasteiger partial charge in [-0.05, 0) is 56.9 Å². The summed E-state index contributed by atoms with van der Waals surface area (Å²) in [5.41, 5.74) is 5.23. The number of carbonyl (C=O) groups excluding carboxylic acids is 1. The Morgan fingerprint density at radius 1 is 1.26 bits per heavy atom. The second-order valence-corrected chi connectivity index (χ2v) is 8.59. The van der Waals surface area contributed by atoms with E-state index in [-0.39, 0.29) is 23.9 Å². The van der Waals surface area contributed by atoms with Crippen LogP contribution >= 0.6 is 0 Å². The Bertz CT molecular complexity index is 1270. The van der Waals surface area contributed by atoms with Crippen molar-refractivity contribution in [2.24, 2.45) is 10.7 Å². The molecule has 0 bridgehead atoms. The number of ether oxygens (including phenoxy) is 1. The molecule has 1 atom stereocenters. The molecule has 0 radical (unpaired) electrons. The van der Waals surface area contributed by atoms with Gasteiger partial charge in [0.1, 0.15) is 23.8 Å². The number of anilines is 1. The number of nitrogens with one attached hydrogen (secondary N) is 1. The minimum Gasteiger partial charge on any atom is -0.451 e. The van der Waals surface area contributed by atoms with Crippen LogP contribution in [0.5, 0.6) is 0 Å². The van der Waals surface area contributed by atoms with Crippen LogP contribution in [0.2, 0.25) is 0 Å². The third-order valence-corrected chi connectivity index (χ3v) is 5.67. The molecule has 0 aliphatic carbocycles. The summed E-state index contributed by atoms with van der Waals surface area (Å²) >= 11 is 0. The van der Waals surface area contributed by atoms with Crippen molar-refractivity contribution in [3.05, 3.63) is 64.7 Å². The van der Waals surface area contributed by atoms with Crippen LogP contribution in [-0.2, 0) is 16.8 Å². The predicted octanol–water partition coefficient (Wildman–Crippen LogP) is 4.04. The lowest BCUT2D eigenvalue weighted by molar-refractivity contribution is -0.0145. The molecule has 1 aliphatic heterocycles. The van der Waals surface area contributed by atoms with Crippen LogP contribution in [0.1, 0.15) is 27.2 Å². The van der Waals surface area contributed by atoms with E-state index in [0.29, 0.717) is 11.1 Å². The number of hydrogen-bond acceptors (Lipinski definition) is 6. The van der Waals surface area contributed by atoms with Gasteiger partial charge in [-0.2, -0.15) is 0 Å². The van der Waals surface area contributed by atoms with Crippen molar-refractivity contribution < 1.29 is 27.1 Å². The fourth-order valence-electron chi connectivity index (χ4n) is 4.07. The number of hydrogen-bond donors (Lipinski definition) is 2. The Morgan fingerprint density at radius 2 is 2.03 bits per heavy atom. The zero-order valence-electron chi connectivity index (χ0n) is 19.0. The molecule has 180 valence electrons. The van der Waals surface area contributed by atoms with Crippen LogP contribution in [0.25, 0.3) is 11.0 Å². The molecule has 10 heteroatoms. The van der Waals surface area contributed by atoms with E-state index in [1.54, 1.807) is 13.0 Å². The van der Waals surface area contributed by atoms with E-state index < -0.39 is 35.9 Å². The predicted molar refractivity (Wildman–Crippen MR) is 123 cm³/mol. The number of amides is 1. The van der Waals surface area contributed by atoms with Gasteiger partial charge >= 0.3 is 0 Å². The zero-order chi connectivity index (χ0) is 24.6. The molecule has 0 fully saturated rings. The lowest BCUT2D eigenvalue weighted by Gasteiger charge is -2.33. The molecule has 0 saturated heterocycles. The van der Waals surface area contributed by atoms with E-state index in [2.05, 4.69) is 10.3 Å². The summed E-state index contributed by atoms with van der Waals surface area (Å²) < 4.78 is 53.6. The number of amidine groups is 1. The highest BCUT2D eigenvalue weighted by atomic mass is 19.3. The number of benzene rings is 2. The third kappa shape index (κ3) is 4.38. The van der Waals surface area contributed by atoms with Crippen molar-refractivity contribution in [1.82, 2.24) is 4.90 Å². The number of halogens is 3. The van der Waals surface area contributed by atoms with Gasteiger partial charge < -0.3 is 25.1 Å². The molecule has 2 heterocycles. The number of fused-ring (bicyclic) bond motifs is 1. The molecule has 3 aromatic rings. The zero-order valence-corrected chi connectivity index (χ0v) is 19.0. The molecule has 0 saturated carbocycles. The molecule has 4 rings (SSSR count). The highest BCUT2D eigenvalue weighted by molar-refractivity contribution is 6.06. The van der Waals surface area contributed by atoms with Crippen molar-refractivity contribution >= 4 is 28.4 Å². The Morgan fingerprint density at radius 3 is 2.71 bits per heavy atom. The van der Waals surface area contributed by atoms with Gasteiger partial charge in [0.25, 0.3) is 12.3 Å². The maximum absolute atomic E-state index is 14.6. The van der Waals surface area contributed by atoms with Crippen molar-refractivity contribution in [2.45, 2.75) is 25.4 Å². The molecular weight excluding hydrogens is 449 g/mol. The van der Waals surface area contributed by atoms with Gasteiger partial charge in [0, 0.05) is 28.7 Å². The Balaban J connectivity index is 1.66. The van der Waals surface area contributed by atoms with Crippen LogP contribution in [-0.4, -0.2) is 50.4 Å². The highest BCUT2D eigenvalue weighted by Crippen LogP contribution is 2.38. The third-order valence-electron chi connectivity index (χ3n) is 5.67. The largest absolute Gasteiger partial charge is 0.451 e. The fraction of sp³-hybridized carbons (Fsp3) is 0.333. The second-order valence-electron chi connectivity index (χ2n) is 8.59. The van der Waals surface area contributed by atoms with Crippen LogP contribution in [0, 0.1) is 12.7 Å². The standard InChI is InChI=1S/C24H25F3N4O3/c1-13-16-8-14(10-31(2)3)4-7-19(16)34-21(13)22(32)29-15-5-6-18(25)17(9-15)24(23(26)27)12-33-11-20(28)30-24/h4-9,23H,10-12H2,1-3H3,(H2,28,30)(H,29,32)/t24-/m0/s1. The SMILES string of the molecule is Cc1c(C(=O)Nc2ccc(F)c([C@]3(C(F)F)COCC(N)=N3)c2)oc2ccc(CN(C)C)cc12. The summed E-state index contributed by atoms with van der Waals surface area (Å²) in [6.07, 6.45) is -3.08. The van der Waals surface area contributed by atoms with Crippen LogP contribution < -0.4 is 11.1 Å². The maximum Gasteiger partial charge on any atom is 0.291 e. The Kier molecular flexibility index (Phi) is 6.37. The van der Waals surface area contributed by atoms with Gasteiger partial charge in [0.2, 0.25) is 0 Å². The van der Waals surface area contributed by atoms with Crippen LogP contribution in [0.4, 0.5) is 18.9 Å². The summed E-state index contributed by atoms with van der Waals surface area (Å²) in [4.78, 5) is 18.8. The lowest BCUT2D eigenvalue weighted by atomic mass is 9.90. The smallest absolute Gasteiger partial charge is 0.291 e. The number of rotatable bonds is 6. The number of aryl methyl sites for hydroxylation is 1. The number of nitrogens with two attached hydrogens (primary N) is 1. The van der Waals surface area contributed by atoms with Gasteiger partial charge in [-0.3, -0.25) is 9.79 Å². The Hall–Kier alpha value is -3.37. The second kappa shape index (κ2) is 9.11. The first-order valence-corrected chi connectivity index (χ1v) is 10.6. The van der Waals surface area contributed by atoms with E-state index in [1.165, 1.54) is 6.07 Å². The fourth-order valence-corrected chi connectivity index (χ4v) is 4.07. The van der Waals surface area contributed by atoms with E-state index in [4.69, 9.17) is 14.9 Å². The van der Waals surface area contributed by atoms with E-state index in [0.717, 1.165) is 29.6 Å². The topological polar surface area (TPSA) is 93.1 Å². The average Bonchev–Trinajstić information content (AvgIpc) is 3.10. The number of furan rings is 1. The molecule has 1 amide bonds. The van der Waals surface area contributed by atoms with E-state index in [9.17, 15) is 18.0 Å². The van der Waals surface area contributed by atoms with E-state index >= 15 is 0 Å². The molecule has 34 heavy (non-hydrogen) atoms. The van der Waals surface area contributed by atoms with Crippen molar-refractivity contribution in [1.29, 1.82) is 0 Å². The van der Waals surface area contributed by atoms with Crippen molar-refractivity contribution in [2.75, 3.05) is 32.6 Å². The first-order valence-electron chi connectivity index (χ1n) is 10.6. The van der Waals surface area contributed by atoms with Gasteiger partial charge in [-0.1, -0.05) is 6.07 Å². The number of aliphatic imine (C=N–C) groups is 1. The summed E-state index contributed by atoms with van der Waals surface area (Å²) in [7, 11) is 3.92. The average molecular weight is 474 g/mol. The quantitative estimate of drug-likeness (QED) is 0.563. The highest BCUT2D eigenvalue weighted by Gasteiger charge is 2.46. The van der Waals surface area contributed by atoms with E-state index in [1.807, 2.05) is 31.1 Å². The van der Waals surface area contributed by atoms with Crippen LogP contribution in [0.3, 0.4) is 0 Å². The number of nitrogens with zero attached hydrogens (tertiary/aromatic N) is 2. The van der Waals surface area contributed by atoms with Gasteiger partial charge in [-0.15, -0.1) is 0 Å². The summed E-state index contributed by atoms with van der Waals surface area (Å²) in [5.74, 6) is -1.58. The lowest BCUT2D eigenvalue weighted by Crippen LogP contribution is -2.45. The van der Waals surface area contributed by atoms with Crippen molar-refractivity contribution in [3.8, 4) is 0 Å². The molecule has 0 unspecified atom stereocenters. The summed E-state index contributed by atoms with van der Waals surface area (Å²) in [5, 5.41) is 3.40. The Labute approximate surface area is 194 Å². The van der Waals surface area contributed by atoms with Gasteiger partial charge in [-0.25, -0.2) is 13.2 Å². The van der Waals surface area contributed by atoms with Crippen LogP contribution in [0.15, 0.2) is 45.8 Å². The monoisotopic (exact) mass is 474 g/mol. The first kappa shape index (κ1) is 23.8. The number of alkyl halides is 2. The molecule has 7 nitrogen and oxygen atoms in total. The molecule has 2 aromatic carbocycles. The minimum atomic E-state index is -3.08. The summed E-state index contributed by atoms with van der Waals surface area (Å²) in [6, 6.07) is 9.07.